The number of rotatable bonds is 8. The zero-order chi connectivity index (χ0) is 24.3. The van der Waals surface area contributed by atoms with Crippen LogP contribution in [0, 0.1) is 6.92 Å². The molecule has 34 heavy (non-hydrogen) atoms. The van der Waals surface area contributed by atoms with E-state index in [0.29, 0.717) is 28.4 Å². The van der Waals surface area contributed by atoms with Crippen molar-refractivity contribution in [1.29, 1.82) is 0 Å². The minimum atomic E-state index is -0.908. The van der Waals surface area contributed by atoms with Gasteiger partial charge in [-0.2, -0.15) is 5.10 Å². The van der Waals surface area contributed by atoms with Crippen molar-refractivity contribution in [3.05, 3.63) is 83.9 Å². The third kappa shape index (κ3) is 7.20. The smallest absolute Gasteiger partial charge is 0.329 e. The Hall–Kier alpha value is -4.66. The Morgan fingerprint density at radius 2 is 1.62 bits per heavy atom. The average Bonchev–Trinajstić information content (AvgIpc) is 2.83. The summed E-state index contributed by atoms with van der Waals surface area (Å²) in [5.41, 5.74) is 4.89. The van der Waals surface area contributed by atoms with Crippen molar-refractivity contribution in [3.8, 4) is 11.5 Å². The van der Waals surface area contributed by atoms with E-state index < -0.39 is 11.8 Å². The summed E-state index contributed by atoms with van der Waals surface area (Å²) in [6.07, 6.45) is 1.35. The lowest BCUT2D eigenvalue weighted by atomic mass is 10.2. The molecule has 0 unspecified atom stereocenters. The maximum atomic E-state index is 12.1. The summed E-state index contributed by atoms with van der Waals surface area (Å²) in [5, 5.41) is 9.03. The first-order valence-electron chi connectivity index (χ1n) is 10.3. The van der Waals surface area contributed by atoms with Crippen LogP contribution in [-0.4, -0.2) is 37.7 Å². The molecule has 3 amide bonds. The first-order valence-corrected chi connectivity index (χ1v) is 10.3. The molecule has 0 aliphatic carbocycles. The molecule has 3 aromatic carbocycles. The number of aryl methyl sites for hydroxylation is 1. The van der Waals surface area contributed by atoms with Crippen molar-refractivity contribution >= 4 is 35.3 Å². The van der Waals surface area contributed by atoms with Gasteiger partial charge in [-0.3, -0.25) is 14.4 Å². The van der Waals surface area contributed by atoms with Crippen LogP contribution in [0.3, 0.4) is 0 Å². The number of anilines is 2. The number of carbonyl (C=O) groups is 3. The molecule has 0 bridgehead atoms. The van der Waals surface area contributed by atoms with E-state index in [1.807, 2.05) is 31.2 Å². The largest absolute Gasteiger partial charge is 0.493 e. The van der Waals surface area contributed by atoms with E-state index >= 15 is 0 Å². The highest BCUT2D eigenvalue weighted by Crippen LogP contribution is 2.27. The fourth-order valence-corrected chi connectivity index (χ4v) is 2.87. The van der Waals surface area contributed by atoms with Gasteiger partial charge in [0.25, 0.3) is 5.91 Å². The van der Waals surface area contributed by atoms with Gasteiger partial charge in [0.05, 0.1) is 13.3 Å². The van der Waals surface area contributed by atoms with Crippen LogP contribution in [0.1, 0.15) is 11.1 Å². The van der Waals surface area contributed by atoms with Gasteiger partial charge in [-0.25, -0.2) is 5.43 Å². The molecular weight excluding hydrogens is 436 g/mol. The predicted octanol–water partition coefficient (Wildman–Crippen LogP) is 3.11. The first kappa shape index (κ1) is 24.0. The molecule has 9 nitrogen and oxygen atoms in total. The fraction of sp³-hybridized carbons (Fsp3) is 0.120. The van der Waals surface area contributed by atoms with Crippen molar-refractivity contribution in [2.24, 2.45) is 5.10 Å². The highest BCUT2D eigenvalue weighted by Gasteiger charge is 2.13. The summed E-state index contributed by atoms with van der Waals surface area (Å²) in [6, 6.07) is 21.0. The molecule has 0 atom stereocenters. The zero-order valence-corrected chi connectivity index (χ0v) is 18.7. The first-order chi connectivity index (χ1) is 16.4. The van der Waals surface area contributed by atoms with E-state index in [9.17, 15) is 14.4 Å². The highest BCUT2D eigenvalue weighted by molar-refractivity contribution is 6.39. The van der Waals surface area contributed by atoms with E-state index in [0.717, 1.165) is 5.56 Å². The van der Waals surface area contributed by atoms with E-state index in [1.165, 1.54) is 13.3 Å². The monoisotopic (exact) mass is 460 g/mol. The Labute approximate surface area is 196 Å². The maximum absolute atomic E-state index is 12.1. The number of para-hydroxylation sites is 1. The molecule has 0 saturated heterocycles. The van der Waals surface area contributed by atoms with Crippen molar-refractivity contribution in [1.82, 2.24) is 5.43 Å². The zero-order valence-electron chi connectivity index (χ0n) is 18.7. The third-order valence-corrected chi connectivity index (χ3v) is 4.47. The Kier molecular flexibility index (Phi) is 8.34. The lowest BCUT2D eigenvalue weighted by Gasteiger charge is -2.11. The topological polar surface area (TPSA) is 118 Å². The van der Waals surface area contributed by atoms with Gasteiger partial charge >= 0.3 is 11.8 Å². The van der Waals surface area contributed by atoms with Crippen molar-refractivity contribution < 1.29 is 23.9 Å². The molecule has 3 rings (SSSR count). The molecule has 9 heteroatoms. The van der Waals surface area contributed by atoms with Gasteiger partial charge in [0.15, 0.2) is 18.1 Å². The van der Waals surface area contributed by atoms with Gasteiger partial charge in [-0.05, 0) is 60.5 Å². The standard InChI is InChI=1S/C25H24N4O5/c1-17-7-6-10-20(13-17)28-24(31)25(32)29-26-15-18-11-12-21(22(14-18)33-2)34-16-23(30)27-19-8-4-3-5-9-19/h3-15H,16H2,1-2H3,(H,27,30)(H,28,31)(H,29,32)/b26-15-. The van der Waals surface area contributed by atoms with Crippen LogP contribution >= 0.6 is 0 Å². The van der Waals surface area contributed by atoms with Gasteiger partial charge in [0.2, 0.25) is 0 Å². The second-order valence-corrected chi connectivity index (χ2v) is 7.14. The highest BCUT2D eigenvalue weighted by atomic mass is 16.5. The number of carbonyl (C=O) groups excluding carboxylic acids is 3. The average molecular weight is 460 g/mol. The SMILES string of the molecule is COc1cc(/C=N\NC(=O)C(=O)Nc2cccc(C)c2)ccc1OCC(=O)Nc1ccccc1. The number of hydrazone groups is 1. The molecule has 0 saturated carbocycles. The lowest BCUT2D eigenvalue weighted by Crippen LogP contribution is -2.32. The molecular formula is C25H24N4O5. The van der Waals surface area contributed by atoms with Gasteiger partial charge < -0.3 is 20.1 Å². The predicted molar refractivity (Wildman–Crippen MR) is 129 cm³/mol. The Bertz CT molecular complexity index is 1190. The number of amides is 3. The Morgan fingerprint density at radius 3 is 2.35 bits per heavy atom. The maximum Gasteiger partial charge on any atom is 0.329 e. The summed E-state index contributed by atoms with van der Waals surface area (Å²) >= 11 is 0. The summed E-state index contributed by atoms with van der Waals surface area (Å²) in [6.45, 7) is 1.68. The lowest BCUT2D eigenvalue weighted by molar-refractivity contribution is -0.136. The molecule has 0 aliphatic rings. The van der Waals surface area contributed by atoms with Crippen LogP contribution in [0.4, 0.5) is 11.4 Å². The van der Waals surface area contributed by atoms with Gasteiger partial charge in [-0.1, -0.05) is 30.3 Å². The molecule has 0 heterocycles. The molecule has 0 aromatic heterocycles. The van der Waals surface area contributed by atoms with Crippen LogP contribution < -0.4 is 25.5 Å². The summed E-state index contributed by atoms with van der Waals surface area (Å²) in [7, 11) is 1.46. The normalized spacial score (nSPS) is 10.4. The third-order valence-electron chi connectivity index (χ3n) is 4.47. The van der Waals surface area contributed by atoms with Crippen molar-refractivity contribution in [3.63, 3.8) is 0 Å². The second-order valence-electron chi connectivity index (χ2n) is 7.14. The molecule has 0 radical (unpaired) electrons. The molecule has 0 aliphatic heterocycles. The van der Waals surface area contributed by atoms with Crippen molar-refractivity contribution in [2.75, 3.05) is 24.4 Å². The van der Waals surface area contributed by atoms with E-state index in [1.54, 1.807) is 48.5 Å². The number of hydrogen-bond acceptors (Lipinski definition) is 6. The quantitative estimate of drug-likeness (QED) is 0.271. The minimum absolute atomic E-state index is 0.204. The van der Waals surface area contributed by atoms with E-state index in [-0.39, 0.29) is 12.5 Å². The summed E-state index contributed by atoms with van der Waals surface area (Å²) < 4.78 is 10.9. The Balaban J connectivity index is 1.52. The molecule has 3 N–H and O–H groups in total. The number of methoxy groups -OCH3 is 1. The summed E-state index contributed by atoms with van der Waals surface area (Å²) in [4.78, 5) is 36.0. The fourth-order valence-electron chi connectivity index (χ4n) is 2.87. The summed E-state index contributed by atoms with van der Waals surface area (Å²) in [5.74, 6) is -1.32. The van der Waals surface area contributed by atoms with Crippen LogP contribution in [-0.2, 0) is 14.4 Å². The number of nitrogens with one attached hydrogen (secondary N) is 3. The molecule has 0 spiro atoms. The van der Waals surface area contributed by atoms with Crippen LogP contribution in [0.2, 0.25) is 0 Å². The van der Waals surface area contributed by atoms with Crippen LogP contribution in [0.25, 0.3) is 0 Å². The van der Waals surface area contributed by atoms with Crippen molar-refractivity contribution in [2.45, 2.75) is 6.92 Å². The van der Waals surface area contributed by atoms with Gasteiger partial charge in [0.1, 0.15) is 0 Å². The number of benzene rings is 3. The van der Waals surface area contributed by atoms with Gasteiger partial charge in [-0.15, -0.1) is 0 Å². The van der Waals surface area contributed by atoms with E-state index in [4.69, 9.17) is 9.47 Å². The molecule has 174 valence electrons. The van der Waals surface area contributed by atoms with Crippen LogP contribution in [0.5, 0.6) is 11.5 Å². The Morgan fingerprint density at radius 1 is 0.853 bits per heavy atom. The molecule has 3 aromatic rings. The molecule has 0 fully saturated rings. The minimum Gasteiger partial charge on any atom is -0.493 e. The van der Waals surface area contributed by atoms with Crippen LogP contribution in [0.15, 0.2) is 77.9 Å². The number of nitrogens with zero attached hydrogens (tertiary/aromatic N) is 1. The number of ether oxygens (including phenoxy) is 2. The number of hydrogen-bond donors (Lipinski definition) is 3. The van der Waals surface area contributed by atoms with Gasteiger partial charge in [0, 0.05) is 11.4 Å². The second kappa shape index (κ2) is 11.8. The van der Waals surface area contributed by atoms with E-state index in [2.05, 4.69) is 21.2 Å².